The number of hydrogen-bond donors (Lipinski definition) is 27. The molecule has 0 aliphatic carbocycles. The number of carboxylic acids is 4. The summed E-state index contributed by atoms with van der Waals surface area (Å²) >= 11 is 0. The molecule has 0 saturated carbocycles. The van der Waals surface area contributed by atoms with Crippen LogP contribution in [0.1, 0.15) is 130 Å². The molecule has 2 aromatic carbocycles. The Balaban J connectivity index is 2.34. The Morgan fingerprint density at radius 1 is 0.377 bits per heavy atom. The molecule has 0 aliphatic rings. The van der Waals surface area contributed by atoms with Crippen LogP contribution >= 0.6 is 0 Å². The van der Waals surface area contributed by atoms with E-state index in [-0.39, 0.29) is 43.5 Å². The topological polar surface area (TPSA) is 782 Å². The number of benzene rings is 2. The number of amides is 16. The number of rotatable bonds is 57. The van der Waals surface area contributed by atoms with Crippen molar-refractivity contribution in [2.45, 2.75) is 229 Å². The second-order valence-electron chi connectivity index (χ2n) is 29.2. The third kappa shape index (κ3) is 39.1. The summed E-state index contributed by atoms with van der Waals surface area (Å²) in [6.45, 7) is 4.98. The third-order valence-corrected chi connectivity index (χ3v) is 18.2. The Hall–Kier alpha value is -12.6. The van der Waals surface area contributed by atoms with Gasteiger partial charge in [-0.05, 0) is 107 Å². The fourth-order valence-corrected chi connectivity index (χ4v) is 11.2. The number of phenolic OH excluding ortho intramolecular Hbond substituents is 1. The number of hydrogen-bond acceptors (Lipinski definition) is 27. The first-order valence-electron chi connectivity index (χ1n) is 38.7. The fourth-order valence-electron chi connectivity index (χ4n) is 11.2. The van der Waals surface area contributed by atoms with E-state index >= 15 is 0 Å². The molecule has 0 aromatic heterocycles. The van der Waals surface area contributed by atoms with E-state index in [0.29, 0.717) is 12.0 Å². The Morgan fingerprint density at radius 2 is 0.754 bits per heavy atom. The minimum absolute atomic E-state index is 0.109. The van der Waals surface area contributed by atoms with Gasteiger partial charge in [0.25, 0.3) is 0 Å². The number of phenols is 1. The number of unbranched alkanes of at least 4 members (excludes halogenated alkanes) is 1. The average Bonchev–Trinajstić information content (AvgIpc) is 0.863. The van der Waals surface area contributed by atoms with Crippen molar-refractivity contribution in [2.24, 2.45) is 29.0 Å². The van der Waals surface area contributed by atoms with E-state index in [4.69, 9.17) is 17.2 Å². The molecule has 0 radical (unpaired) electrons. The minimum atomic E-state index is -2.03. The number of aliphatic hydroxyl groups excluding tert-OH is 4. The quantitative estimate of drug-likeness (QED) is 0.0274. The van der Waals surface area contributed by atoms with Gasteiger partial charge in [0, 0.05) is 32.1 Å². The molecule has 0 heterocycles. The van der Waals surface area contributed by atoms with Crippen molar-refractivity contribution >= 4 is 118 Å². The van der Waals surface area contributed by atoms with Crippen molar-refractivity contribution in [1.82, 2.24) is 79.8 Å². The van der Waals surface area contributed by atoms with Gasteiger partial charge in [-0.3, -0.25) is 91.1 Å². The van der Waals surface area contributed by atoms with Crippen LogP contribution in [-0.4, -0.2) is 294 Å². The van der Waals surface area contributed by atoms with Crippen molar-refractivity contribution in [3.8, 4) is 5.75 Å². The number of carbonyl (C=O) groups is 20. The molecule has 47 nitrogen and oxygen atoms in total. The maximum atomic E-state index is 14.5. The molecule has 678 valence electrons. The number of nitrogens with two attached hydrogens (primary N) is 3. The van der Waals surface area contributed by atoms with E-state index < -0.39 is 305 Å². The number of aliphatic carboxylic acids is 4. The van der Waals surface area contributed by atoms with Crippen molar-refractivity contribution in [1.29, 1.82) is 0 Å². The summed E-state index contributed by atoms with van der Waals surface area (Å²) in [6, 6.07) is -12.5. The SMILES string of the molecule is CC(C)C[C@H](NC(=O)[C@H](Cc1ccc(O)cc1)NC(=O)[C@H](CO)NC(=O)[C@H](CO)NC(=O)[C@@H](NC(=O)[C@H](CC(=O)O)NC(=O)[C@H](CO)NC(=O)[C@@H](N)[C@@H](C)O)C(C)C)C(=O)N[C@@H](CCC(=O)O)C(=O)NCC(=O)N[C@@H](CCC(N)=O)C(=O)N[C@@H](C)C(=O)N[C@@H](C)C(=O)N[C@@H](CCCCN)C(=O)N[C@@H](CCC(=O)O)C(=O)N[C@@H](Cc1ccccc1)C(=O)O. The lowest BCUT2D eigenvalue weighted by molar-refractivity contribution is -0.143. The molecule has 47 heteroatoms. The van der Waals surface area contributed by atoms with Gasteiger partial charge < -0.3 is 143 Å². The first-order valence-corrected chi connectivity index (χ1v) is 38.7. The van der Waals surface area contributed by atoms with Gasteiger partial charge in [-0.25, -0.2) is 4.79 Å². The summed E-state index contributed by atoms with van der Waals surface area (Å²) in [7, 11) is 0. The smallest absolute Gasteiger partial charge is 0.326 e. The van der Waals surface area contributed by atoms with E-state index in [0.717, 1.165) is 13.8 Å². The zero-order chi connectivity index (χ0) is 92.4. The van der Waals surface area contributed by atoms with Crippen LogP contribution in [0.15, 0.2) is 54.6 Å². The second kappa shape index (κ2) is 53.8. The van der Waals surface area contributed by atoms with Crippen molar-refractivity contribution < 1.29 is 142 Å². The van der Waals surface area contributed by atoms with Gasteiger partial charge in [0.2, 0.25) is 94.5 Å². The van der Waals surface area contributed by atoms with Crippen molar-refractivity contribution in [3.05, 3.63) is 65.7 Å². The van der Waals surface area contributed by atoms with Gasteiger partial charge in [-0.2, -0.15) is 0 Å². The molecule has 30 N–H and O–H groups in total. The predicted molar refractivity (Wildman–Crippen MR) is 424 cm³/mol. The molecular formula is C75H114N18O29. The Kier molecular flexibility index (Phi) is 46.5. The lowest BCUT2D eigenvalue weighted by Crippen LogP contribution is -2.62. The van der Waals surface area contributed by atoms with Gasteiger partial charge in [0.05, 0.1) is 38.9 Å². The molecule has 2 rings (SSSR count). The third-order valence-electron chi connectivity index (χ3n) is 18.2. The minimum Gasteiger partial charge on any atom is -0.508 e. The van der Waals surface area contributed by atoms with Gasteiger partial charge >= 0.3 is 23.9 Å². The average molecular weight is 1730 g/mol. The molecular weight excluding hydrogens is 1620 g/mol. The van der Waals surface area contributed by atoms with E-state index in [1.807, 2.05) is 10.6 Å². The van der Waals surface area contributed by atoms with Gasteiger partial charge in [-0.1, -0.05) is 70.2 Å². The molecule has 0 spiro atoms. The number of aliphatic hydroxyl groups is 4. The standard InChI is InChI=1S/C75H114N18O29/c1-35(2)27-47(86-68(114)48(28-41-16-18-42(98)19-17-41)87-70(116)51(32-94)90-72(118)53(34-96)92-74(120)60(36(3)4)93-69(115)49(30-58(105)106)88-71(117)52(33-95)91-73(119)59(78)39(7)97)67(113)84-44(21-24-56(101)102)63(109)79-31-55(100)82-45(20-23-54(77)99)64(110)81-37(5)61(107)80-38(6)62(108)83-43(15-11-12-26-76)65(111)85-46(22-25-57(103)104)66(112)89-50(75(121)122)29-40-13-9-8-10-14-40/h8-10,13-14,16-19,35-39,43-53,59-60,94-98H,11-12,15,20-34,76,78H2,1-7H3,(H2,77,99)(H,79,109)(H,80,107)(H,81,110)(H,82,100)(H,83,108)(H,84,113)(H,85,111)(H,86,114)(H,87,116)(H,88,117)(H,89,112)(H,90,118)(H,91,119)(H,92,120)(H,93,115)(H,101,102)(H,103,104)(H,105,106)(H,121,122)/t37-,38-,39+,43-,44-,45-,46-,47-,48-,49-,50-,51-,52-,53-,59-,60-/m0/s1. The van der Waals surface area contributed by atoms with Crippen molar-refractivity contribution in [2.75, 3.05) is 32.9 Å². The Morgan fingerprint density at radius 3 is 1.23 bits per heavy atom. The zero-order valence-electron chi connectivity index (χ0n) is 68.2. The van der Waals surface area contributed by atoms with Crippen LogP contribution in [-0.2, 0) is 109 Å². The lowest BCUT2D eigenvalue weighted by atomic mass is 10.00. The normalized spacial score (nSPS) is 15.0. The van der Waals surface area contributed by atoms with E-state index in [1.165, 1.54) is 45.0 Å². The highest BCUT2D eigenvalue weighted by Gasteiger charge is 2.39. The van der Waals surface area contributed by atoms with E-state index in [1.54, 1.807) is 44.2 Å². The number of nitrogens with one attached hydrogen (secondary N) is 15. The fraction of sp³-hybridized carbons (Fsp3) is 0.573. The summed E-state index contributed by atoms with van der Waals surface area (Å²) in [5.41, 5.74) is 17.4. The molecule has 122 heavy (non-hydrogen) atoms. The highest BCUT2D eigenvalue weighted by Crippen LogP contribution is 2.16. The molecule has 2 aromatic rings. The van der Waals surface area contributed by atoms with Gasteiger partial charge in [0.1, 0.15) is 96.4 Å². The maximum Gasteiger partial charge on any atom is 0.326 e. The van der Waals surface area contributed by atoms with Crippen LogP contribution in [0.5, 0.6) is 5.75 Å². The van der Waals surface area contributed by atoms with Gasteiger partial charge in [0.15, 0.2) is 0 Å². The van der Waals surface area contributed by atoms with Crippen LogP contribution in [0.3, 0.4) is 0 Å². The number of primary amides is 1. The molecule has 16 atom stereocenters. The molecule has 0 bridgehead atoms. The zero-order valence-corrected chi connectivity index (χ0v) is 68.2. The van der Waals surface area contributed by atoms with E-state index in [9.17, 15) is 142 Å². The molecule has 0 unspecified atom stereocenters. The monoisotopic (exact) mass is 1730 g/mol. The number of carbonyl (C=O) groups excluding carboxylic acids is 16. The highest BCUT2D eigenvalue weighted by atomic mass is 16.4. The first kappa shape index (κ1) is 105. The second-order valence-corrected chi connectivity index (χ2v) is 29.2. The summed E-state index contributed by atoms with van der Waals surface area (Å²) in [4.78, 5) is 265. The van der Waals surface area contributed by atoms with Crippen LogP contribution in [0, 0.1) is 11.8 Å². The van der Waals surface area contributed by atoms with Gasteiger partial charge in [-0.15, -0.1) is 0 Å². The molecule has 16 amide bonds. The number of carboxylic acid groups (broad SMARTS) is 4. The Bertz CT molecular complexity index is 3950. The van der Waals surface area contributed by atoms with Crippen molar-refractivity contribution in [3.63, 3.8) is 0 Å². The molecule has 0 saturated heterocycles. The van der Waals surface area contributed by atoms with E-state index in [2.05, 4.69) is 69.1 Å². The predicted octanol–water partition coefficient (Wildman–Crippen LogP) is -9.81. The highest BCUT2D eigenvalue weighted by molar-refractivity contribution is 6.01. The summed E-state index contributed by atoms with van der Waals surface area (Å²) in [5, 5.41) is 123. The summed E-state index contributed by atoms with van der Waals surface area (Å²) < 4.78 is 0. The maximum absolute atomic E-state index is 14.5. The number of aromatic hydroxyl groups is 1. The largest absolute Gasteiger partial charge is 0.508 e. The Labute approximate surface area is 699 Å². The first-order chi connectivity index (χ1) is 57.2. The summed E-state index contributed by atoms with van der Waals surface area (Å²) in [6.07, 6.45) is -6.71. The molecule has 0 fully saturated rings. The van der Waals surface area contributed by atoms with Crippen LogP contribution in [0.4, 0.5) is 0 Å². The van der Waals surface area contributed by atoms with Crippen LogP contribution in [0.25, 0.3) is 0 Å². The lowest BCUT2D eigenvalue weighted by Gasteiger charge is -2.28. The summed E-state index contributed by atoms with van der Waals surface area (Å²) in [5.74, 6) is -26.1. The van der Waals surface area contributed by atoms with Crippen LogP contribution in [0.2, 0.25) is 0 Å². The van der Waals surface area contributed by atoms with Crippen LogP contribution < -0.4 is 97.0 Å². The molecule has 0 aliphatic heterocycles.